The van der Waals surface area contributed by atoms with Crippen LogP contribution in [0.25, 0.3) is 11.3 Å². The maximum Gasteiger partial charge on any atom is 0.257 e. The van der Waals surface area contributed by atoms with Crippen molar-refractivity contribution in [2.75, 3.05) is 46.5 Å². The zero-order chi connectivity index (χ0) is 24.2. The summed E-state index contributed by atoms with van der Waals surface area (Å²) >= 11 is 0. The van der Waals surface area contributed by atoms with Crippen molar-refractivity contribution < 1.29 is 19.0 Å². The Balaban J connectivity index is 1.30. The molecule has 5 rings (SSSR count). The third-order valence-electron chi connectivity index (χ3n) is 6.52. The van der Waals surface area contributed by atoms with Crippen LogP contribution in [0.2, 0.25) is 0 Å². The maximum atomic E-state index is 13.6. The number of amides is 1. The first kappa shape index (κ1) is 23.2. The molecular weight excluding hydrogens is 444 g/mol. The second-order valence-electron chi connectivity index (χ2n) is 9.05. The molecule has 1 saturated heterocycles. The fourth-order valence-electron chi connectivity index (χ4n) is 4.66. The summed E-state index contributed by atoms with van der Waals surface area (Å²) in [6.07, 6.45) is 3.60. The molecule has 1 fully saturated rings. The maximum absolute atomic E-state index is 13.6. The lowest BCUT2D eigenvalue weighted by Crippen LogP contribution is -2.35. The van der Waals surface area contributed by atoms with Crippen LogP contribution in [0.4, 0.5) is 0 Å². The molecule has 0 bridgehead atoms. The molecular formula is C27H32N4O4. The van der Waals surface area contributed by atoms with Gasteiger partial charge in [0.25, 0.3) is 5.91 Å². The van der Waals surface area contributed by atoms with Gasteiger partial charge in [0.15, 0.2) is 11.5 Å². The SMILES string of the molecule is COc1ccc(CN2CCCN(C(=O)c3cn(C)nc3-c3ccc4c(c3)OCCCO4)CC2)cc1. The summed E-state index contributed by atoms with van der Waals surface area (Å²) in [6, 6.07) is 14.0. The molecule has 3 aromatic rings. The van der Waals surface area contributed by atoms with Gasteiger partial charge in [0.1, 0.15) is 11.4 Å². The van der Waals surface area contributed by atoms with E-state index in [1.54, 1.807) is 11.8 Å². The Morgan fingerprint density at radius 1 is 0.971 bits per heavy atom. The third-order valence-corrected chi connectivity index (χ3v) is 6.52. The van der Waals surface area contributed by atoms with Crippen LogP contribution in [-0.4, -0.2) is 72.0 Å². The number of hydrogen-bond acceptors (Lipinski definition) is 6. The average molecular weight is 477 g/mol. The van der Waals surface area contributed by atoms with E-state index in [9.17, 15) is 4.79 Å². The van der Waals surface area contributed by atoms with Gasteiger partial charge in [-0.05, 0) is 42.3 Å². The third kappa shape index (κ3) is 5.27. The van der Waals surface area contributed by atoms with E-state index in [1.807, 2.05) is 48.5 Å². The number of nitrogens with zero attached hydrogens (tertiary/aromatic N) is 4. The zero-order valence-corrected chi connectivity index (χ0v) is 20.4. The van der Waals surface area contributed by atoms with Gasteiger partial charge in [0.05, 0.1) is 25.9 Å². The van der Waals surface area contributed by atoms with Crippen molar-refractivity contribution in [3.05, 3.63) is 59.8 Å². The Labute approximate surface area is 206 Å². The topological polar surface area (TPSA) is 69.1 Å². The number of fused-ring (bicyclic) bond motifs is 1. The summed E-state index contributed by atoms with van der Waals surface area (Å²) in [4.78, 5) is 18.0. The summed E-state index contributed by atoms with van der Waals surface area (Å²) in [5.74, 6) is 2.32. The summed E-state index contributed by atoms with van der Waals surface area (Å²) in [5.41, 5.74) is 3.39. The second kappa shape index (κ2) is 10.4. The van der Waals surface area contributed by atoms with Crippen molar-refractivity contribution in [3.8, 4) is 28.5 Å². The number of aryl methyl sites for hydroxylation is 1. The molecule has 0 unspecified atom stereocenters. The lowest BCUT2D eigenvalue weighted by molar-refractivity contribution is 0.0761. The molecule has 0 saturated carbocycles. The van der Waals surface area contributed by atoms with Gasteiger partial charge in [-0.1, -0.05) is 12.1 Å². The normalized spacial score (nSPS) is 16.5. The fraction of sp³-hybridized carbons (Fsp3) is 0.407. The fourth-order valence-corrected chi connectivity index (χ4v) is 4.66. The monoisotopic (exact) mass is 476 g/mol. The van der Waals surface area contributed by atoms with E-state index >= 15 is 0 Å². The van der Waals surface area contributed by atoms with Crippen LogP contribution < -0.4 is 14.2 Å². The highest BCUT2D eigenvalue weighted by atomic mass is 16.5. The van der Waals surface area contributed by atoms with E-state index in [4.69, 9.17) is 14.2 Å². The molecule has 2 aliphatic heterocycles. The molecule has 1 amide bonds. The van der Waals surface area contributed by atoms with E-state index in [-0.39, 0.29) is 5.91 Å². The number of aromatic nitrogens is 2. The smallest absolute Gasteiger partial charge is 0.257 e. The molecule has 0 spiro atoms. The van der Waals surface area contributed by atoms with Gasteiger partial charge in [-0.2, -0.15) is 5.10 Å². The number of methoxy groups -OCH3 is 1. The van der Waals surface area contributed by atoms with Crippen LogP contribution in [0, 0.1) is 0 Å². The largest absolute Gasteiger partial charge is 0.497 e. The van der Waals surface area contributed by atoms with Gasteiger partial charge >= 0.3 is 0 Å². The first-order valence-electron chi connectivity index (χ1n) is 12.2. The van der Waals surface area contributed by atoms with Gasteiger partial charge in [0.2, 0.25) is 0 Å². The first-order chi connectivity index (χ1) is 17.1. The number of benzene rings is 2. The summed E-state index contributed by atoms with van der Waals surface area (Å²) in [7, 11) is 3.53. The molecule has 8 heteroatoms. The number of rotatable bonds is 5. The van der Waals surface area contributed by atoms with Crippen molar-refractivity contribution in [1.29, 1.82) is 0 Å². The van der Waals surface area contributed by atoms with Crippen molar-refractivity contribution in [2.45, 2.75) is 19.4 Å². The molecule has 0 atom stereocenters. The van der Waals surface area contributed by atoms with Crippen LogP contribution in [0.5, 0.6) is 17.2 Å². The van der Waals surface area contributed by atoms with Gasteiger partial charge in [-0.3, -0.25) is 14.4 Å². The van der Waals surface area contributed by atoms with Crippen molar-refractivity contribution in [3.63, 3.8) is 0 Å². The number of ether oxygens (including phenoxy) is 3. The van der Waals surface area contributed by atoms with Crippen molar-refractivity contribution >= 4 is 5.91 Å². The standard InChI is InChI=1S/C27H32N4O4/c1-29-19-23(26(28-29)21-7-10-24-25(17-21)35-16-4-15-34-24)27(32)31-12-3-11-30(13-14-31)18-20-5-8-22(33-2)9-6-20/h5-10,17,19H,3-4,11-16,18H2,1-2H3. The van der Waals surface area contributed by atoms with E-state index in [1.165, 1.54) is 5.56 Å². The molecule has 184 valence electrons. The highest BCUT2D eigenvalue weighted by molar-refractivity contribution is 6.00. The van der Waals surface area contributed by atoms with Crippen LogP contribution in [0.15, 0.2) is 48.7 Å². The number of carbonyl (C=O) groups is 1. The Morgan fingerprint density at radius 2 is 1.77 bits per heavy atom. The Bertz CT molecular complexity index is 1170. The Morgan fingerprint density at radius 3 is 2.57 bits per heavy atom. The molecule has 35 heavy (non-hydrogen) atoms. The predicted molar refractivity (Wildman–Crippen MR) is 133 cm³/mol. The van der Waals surface area contributed by atoms with Gasteiger partial charge in [-0.15, -0.1) is 0 Å². The lowest BCUT2D eigenvalue weighted by atomic mass is 10.1. The lowest BCUT2D eigenvalue weighted by Gasteiger charge is -2.22. The van der Waals surface area contributed by atoms with E-state index in [0.29, 0.717) is 36.8 Å². The van der Waals surface area contributed by atoms with E-state index in [0.717, 1.165) is 56.1 Å². The molecule has 0 aliphatic carbocycles. The minimum Gasteiger partial charge on any atom is -0.497 e. The molecule has 8 nitrogen and oxygen atoms in total. The van der Waals surface area contributed by atoms with Gasteiger partial charge < -0.3 is 19.1 Å². The van der Waals surface area contributed by atoms with E-state index in [2.05, 4.69) is 22.1 Å². The second-order valence-corrected chi connectivity index (χ2v) is 9.05. The van der Waals surface area contributed by atoms with Crippen LogP contribution >= 0.6 is 0 Å². The molecule has 1 aromatic heterocycles. The van der Waals surface area contributed by atoms with E-state index < -0.39 is 0 Å². The minimum absolute atomic E-state index is 0.0199. The zero-order valence-electron chi connectivity index (χ0n) is 20.4. The molecule has 2 aromatic carbocycles. The molecule has 0 radical (unpaired) electrons. The van der Waals surface area contributed by atoms with Crippen molar-refractivity contribution in [1.82, 2.24) is 19.6 Å². The quantitative estimate of drug-likeness (QED) is 0.561. The first-order valence-corrected chi connectivity index (χ1v) is 12.2. The van der Waals surface area contributed by atoms with Crippen LogP contribution in [0.3, 0.4) is 0 Å². The number of carbonyl (C=O) groups excluding carboxylic acids is 1. The average Bonchev–Trinajstić information content (AvgIpc) is 3.03. The summed E-state index contributed by atoms with van der Waals surface area (Å²) in [5, 5.41) is 4.63. The Hall–Kier alpha value is -3.52. The number of hydrogen-bond donors (Lipinski definition) is 0. The van der Waals surface area contributed by atoms with Crippen LogP contribution in [0.1, 0.15) is 28.8 Å². The predicted octanol–water partition coefficient (Wildman–Crippen LogP) is 3.61. The van der Waals surface area contributed by atoms with Crippen molar-refractivity contribution in [2.24, 2.45) is 7.05 Å². The highest BCUT2D eigenvalue weighted by Gasteiger charge is 2.25. The highest BCUT2D eigenvalue weighted by Crippen LogP contribution is 2.35. The summed E-state index contributed by atoms with van der Waals surface area (Å²) in [6.45, 7) is 5.32. The van der Waals surface area contributed by atoms with Gasteiger partial charge in [0, 0.05) is 58.0 Å². The molecule has 3 heterocycles. The van der Waals surface area contributed by atoms with Gasteiger partial charge in [-0.25, -0.2) is 0 Å². The summed E-state index contributed by atoms with van der Waals surface area (Å²) < 4.78 is 18.6. The molecule has 0 N–H and O–H groups in total. The minimum atomic E-state index is 0.0199. The Kier molecular flexibility index (Phi) is 6.90. The molecule has 2 aliphatic rings. The van der Waals surface area contributed by atoms with Crippen LogP contribution in [-0.2, 0) is 13.6 Å².